The number of hydrogen-bond acceptors (Lipinski definition) is 10. The summed E-state index contributed by atoms with van der Waals surface area (Å²) >= 11 is 7.01. The van der Waals surface area contributed by atoms with E-state index < -0.39 is 0 Å². The van der Waals surface area contributed by atoms with Crippen molar-refractivity contribution in [3.63, 3.8) is 0 Å². The second-order valence-corrected chi connectivity index (χ2v) is 17.6. The number of pyridine rings is 2. The van der Waals surface area contributed by atoms with Gasteiger partial charge in [-0.2, -0.15) is 10.2 Å². The number of rotatable bonds is 10. The van der Waals surface area contributed by atoms with Gasteiger partial charge in [-0.15, -0.1) is 0 Å². The number of benzene rings is 2. The van der Waals surface area contributed by atoms with Gasteiger partial charge in [-0.25, -0.2) is 38.1 Å². The Morgan fingerprint density at radius 2 is 1.05 bits per heavy atom. The Kier molecular flexibility index (Phi) is 13.1. The molecule has 0 radical (unpaired) electrons. The Morgan fingerprint density at radius 3 is 1.42 bits per heavy atom. The summed E-state index contributed by atoms with van der Waals surface area (Å²) in [5.41, 5.74) is 6.99. The van der Waals surface area contributed by atoms with Gasteiger partial charge in [0.2, 0.25) is 0 Å². The average molecular weight is 1020 g/mol. The summed E-state index contributed by atoms with van der Waals surface area (Å²) in [5.74, 6) is 4.02. The number of hydrogen-bond donors (Lipinski definition) is 0. The maximum atomic E-state index is 13.6. The van der Waals surface area contributed by atoms with E-state index in [0.717, 1.165) is 105 Å². The highest BCUT2D eigenvalue weighted by atomic mass is 79.9. The molecule has 0 saturated carbocycles. The van der Waals surface area contributed by atoms with Gasteiger partial charge in [0.15, 0.2) is 11.6 Å². The average Bonchev–Trinajstić information content (AvgIpc) is 4.14. The van der Waals surface area contributed by atoms with E-state index in [1.165, 1.54) is 24.3 Å². The highest BCUT2D eigenvalue weighted by Gasteiger charge is 2.28. The van der Waals surface area contributed by atoms with Crippen LogP contribution < -0.4 is 9.47 Å². The first-order chi connectivity index (χ1) is 32.0. The number of imidazole rings is 2. The number of aryl methyl sites for hydroxylation is 4. The van der Waals surface area contributed by atoms with E-state index in [0.29, 0.717) is 23.1 Å². The lowest BCUT2D eigenvalue weighted by atomic mass is 9.91. The molecule has 8 heterocycles. The van der Waals surface area contributed by atoms with Gasteiger partial charge in [0.05, 0.1) is 62.0 Å². The molecular weight excluding hydrogens is 974 g/mol. The highest BCUT2D eigenvalue weighted by Crippen LogP contribution is 2.38. The van der Waals surface area contributed by atoms with E-state index in [1.807, 2.05) is 93.3 Å². The van der Waals surface area contributed by atoms with Crippen LogP contribution in [-0.4, -0.2) is 72.8 Å². The molecule has 0 amide bonds. The molecule has 2 aliphatic rings. The minimum atomic E-state index is -0.261. The molecule has 336 valence electrons. The smallest absolute Gasteiger partial charge is 0.174 e. The van der Waals surface area contributed by atoms with Gasteiger partial charge in [-0.3, -0.25) is 9.97 Å². The van der Waals surface area contributed by atoms with Crippen LogP contribution >= 0.6 is 31.9 Å². The quantitative estimate of drug-likeness (QED) is 0.130. The topological polar surface area (TPSA) is 141 Å². The summed E-state index contributed by atoms with van der Waals surface area (Å²) in [4.78, 5) is 27.1. The molecule has 14 nitrogen and oxygen atoms in total. The Balaban J connectivity index is 0.000000166. The highest BCUT2D eigenvalue weighted by molar-refractivity contribution is 9.10. The predicted octanol–water partition coefficient (Wildman–Crippen LogP) is 10.3. The second-order valence-electron chi connectivity index (χ2n) is 15.9. The molecule has 10 rings (SSSR count). The fraction of sp³-hybridized carbons (Fsp3) is 0.250. The van der Waals surface area contributed by atoms with Crippen LogP contribution in [0.5, 0.6) is 11.5 Å². The largest absolute Gasteiger partial charge is 0.494 e. The van der Waals surface area contributed by atoms with Crippen LogP contribution in [0.2, 0.25) is 0 Å². The van der Waals surface area contributed by atoms with Gasteiger partial charge in [-0.05, 0) is 99.2 Å². The molecule has 2 atom stereocenters. The van der Waals surface area contributed by atoms with Crippen LogP contribution in [0.25, 0.3) is 35.7 Å². The lowest BCUT2D eigenvalue weighted by Crippen LogP contribution is -2.18. The molecule has 0 N–H and O–H groups in total. The van der Waals surface area contributed by atoms with Crippen molar-refractivity contribution in [1.29, 1.82) is 0 Å². The molecule has 0 bridgehead atoms. The summed E-state index contributed by atoms with van der Waals surface area (Å²) in [5, 5.41) is 9.31. The van der Waals surface area contributed by atoms with Crippen LogP contribution in [-0.2, 0) is 13.1 Å². The van der Waals surface area contributed by atoms with E-state index in [9.17, 15) is 8.78 Å². The van der Waals surface area contributed by atoms with Crippen molar-refractivity contribution < 1.29 is 18.3 Å². The number of aromatic nitrogens is 12. The molecule has 0 spiro atoms. The lowest BCUT2D eigenvalue weighted by molar-refractivity contribution is 0.412. The van der Waals surface area contributed by atoms with E-state index >= 15 is 0 Å². The summed E-state index contributed by atoms with van der Waals surface area (Å²) < 4.78 is 47.4. The van der Waals surface area contributed by atoms with E-state index in [4.69, 9.17) is 19.4 Å². The van der Waals surface area contributed by atoms with Crippen LogP contribution in [0, 0.1) is 25.5 Å². The van der Waals surface area contributed by atoms with Crippen LogP contribution in [0.3, 0.4) is 0 Å². The number of methoxy groups -OCH3 is 2. The van der Waals surface area contributed by atoms with Crippen molar-refractivity contribution in [2.24, 2.45) is 0 Å². The van der Waals surface area contributed by atoms with Crippen molar-refractivity contribution in [1.82, 2.24) is 58.6 Å². The van der Waals surface area contributed by atoms with Crippen LogP contribution in [0.4, 0.5) is 8.78 Å². The molecule has 6 aromatic heterocycles. The third-order valence-electron chi connectivity index (χ3n) is 11.4. The molecule has 2 aromatic carbocycles. The number of ether oxygens (including phenoxy) is 2. The third kappa shape index (κ3) is 9.65. The molecule has 0 unspecified atom stereocenters. The minimum Gasteiger partial charge on any atom is -0.494 e. The van der Waals surface area contributed by atoms with Crippen LogP contribution in [0.1, 0.15) is 94.7 Å². The molecule has 0 fully saturated rings. The van der Waals surface area contributed by atoms with Crippen molar-refractivity contribution in [2.75, 3.05) is 14.2 Å². The van der Waals surface area contributed by atoms with Gasteiger partial charge in [0, 0.05) is 58.4 Å². The molecule has 0 saturated heterocycles. The van der Waals surface area contributed by atoms with Crippen molar-refractivity contribution >= 4 is 56.2 Å². The van der Waals surface area contributed by atoms with Gasteiger partial charge >= 0.3 is 0 Å². The summed E-state index contributed by atoms with van der Waals surface area (Å²) in [6.07, 6.45) is 22.1. The zero-order valence-electron chi connectivity index (χ0n) is 36.5. The zero-order chi connectivity index (χ0) is 45.9. The minimum absolute atomic E-state index is 0.0690. The molecule has 8 aromatic rings. The fourth-order valence-electron chi connectivity index (χ4n) is 8.25. The van der Waals surface area contributed by atoms with Crippen molar-refractivity contribution in [3.05, 3.63) is 164 Å². The third-order valence-corrected chi connectivity index (χ3v) is 12.8. The Labute approximate surface area is 396 Å². The number of halogens is 4. The van der Waals surface area contributed by atoms with E-state index in [1.54, 1.807) is 39.3 Å². The maximum Gasteiger partial charge on any atom is 0.174 e. The second kappa shape index (κ2) is 19.4. The first kappa shape index (κ1) is 44.5. The summed E-state index contributed by atoms with van der Waals surface area (Å²) in [7, 11) is 3.27. The standard InChI is InChI=1S/2C24H22BrFN6O/c2*1-15-13-31(14-28-15)21-12-27-17(11-22(21)33-2)6-8-23-29-24-19(4-3-9-32(24)30-23)18-7-5-16(26)10-20(18)25/h2*5-8,10-14,19H,3-4,9H2,1-2H3/b2*8-6+/t2*19-/m10/s1. The van der Waals surface area contributed by atoms with Crippen molar-refractivity contribution in [2.45, 2.75) is 64.5 Å². The molecule has 0 aliphatic carbocycles. The number of nitrogens with zero attached hydrogens (tertiary/aromatic N) is 12. The first-order valence-electron chi connectivity index (χ1n) is 21.3. The lowest BCUT2D eigenvalue weighted by Gasteiger charge is -2.23. The maximum absolute atomic E-state index is 13.6. The zero-order valence-corrected chi connectivity index (χ0v) is 39.7. The van der Waals surface area contributed by atoms with Crippen LogP contribution in [0.15, 0.2) is 94.9 Å². The van der Waals surface area contributed by atoms with Gasteiger partial charge in [0.1, 0.15) is 46.2 Å². The molecular formula is C48H44Br2F2N12O2. The van der Waals surface area contributed by atoms with Crippen molar-refractivity contribution in [3.8, 4) is 22.9 Å². The van der Waals surface area contributed by atoms with Gasteiger partial charge in [0.25, 0.3) is 0 Å². The Morgan fingerprint density at radius 1 is 0.606 bits per heavy atom. The monoisotopic (exact) mass is 1020 g/mol. The summed E-state index contributed by atoms with van der Waals surface area (Å²) in [6, 6.07) is 13.4. The predicted molar refractivity (Wildman–Crippen MR) is 254 cm³/mol. The number of fused-ring (bicyclic) bond motifs is 2. The van der Waals surface area contributed by atoms with E-state index in [-0.39, 0.29) is 23.5 Å². The SMILES string of the molecule is COc1cc(/C=C/c2nc3n(n2)CCC[C@@H]3c2ccc(F)cc2Br)ncc1-n1cnc(C)c1.COc1cc(/C=C/c2nc3n(n2)CCC[C@H]3c2ccc(F)cc2Br)ncc1-n1cnc(C)c1. The molecule has 18 heteroatoms. The molecule has 2 aliphatic heterocycles. The van der Waals surface area contributed by atoms with Gasteiger partial charge in [-0.1, -0.05) is 44.0 Å². The first-order valence-corrected chi connectivity index (χ1v) is 22.9. The van der Waals surface area contributed by atoms with E-state index in [2.05, 4.69) is 62.0 Å². The Hall–Kier alpha value is -6.66. The molecule has 66 heavy (non-hydrogen) atoms. The normalized spacial score (nSPS) is 15.7. The van der Waals surface area contributed by atoms with Gasteiger partial charge < -0.3 is 18.6 Å². The Bertz CT molecular complexity index is 2890. The summed E-state index contributed by atoms with van der Waals surface area (Å²) in [6.45, 7) is 5.50. The fourth-order valence-corrected chi connectivity index (χ4v) is 9.50.